The van der Waals surface area contributed by atoms with E-state index in [1.165, 1.54) is 0 Å². The van der Waals surface area contributed by atoms with Gasteiger partial charge >= 0.3 is 5.97 Å². The van der Waals surface area contributed by atoms with Gasteiger partial charge in [-0.2, -0.15) is 5.11 Å². The van der Waals surface area contributed by atoms with Crippen molar-refractivity contribution in [2.75, 3.05) is 19.7 Å². The van der Waals surface area contributed by atoms with Gasteiger partial charge in [0.25, 0.3) is 0 Å². The largest absolute Gasteiger partial charge is 0.461 e. The molecule has 0 bridgehead atoms. The first-order valence-electron chi connectivity index (χ1n) is 7.21. The Morgan fingerprint density at radius 1 is 1.29 bits per heavy atom. The van der Waals surface area contributed by atoms with Gasteiger partial charge in [-0.25, -0.2) is 9.79 Å². The molecule has 21 heavy (non-hydrogen) atoms. The second-order valence-electron chi connectivity index (χ2n) is 4.52. The molecule has 0 spiro atoms. The van der Waals surface area contributed by atoms with E-state index in [1.54, 1.807) is 6.92 Å². The summed E-state index contributed by atoms with van der Waals surface area (Å²) in [5, 5.41) is 10.3. The quantitative estimate of drug-likeness (QED) is 0.459. The Hall–Kier alpha value is -2.24. The molecule has 1 heterocycles. The number of esters is 1. The maximum atomic E-state index is 12.0. The van der Waals surface area contributed by atoms with Gasteiger partial charge < -0.3 is 4.74 Å². The zero-order valence-corrected chi connectivity index (χ0v) is 12.6. The molecule has 0 saturated carbocycles. The van der Waals surface area contributed by atoms with Crippen molar-refractivity contribution in [1.29, 1.82) is 0 Å². The van der Waals surface area contributed by atoms with Crippen molar-refractivity contribution >= 4 is 17.4 Å². The lowest BCUT2D eigenvalue weighted by molar-refractivity contribution is -0.135. The molecule has 1 aromatic carbocycles. The highest BCUT2D eigenvalue weighted by Crippen LogP contribution is 2.36. The van der Waals surface area contributed by atoms with Gasteiger partial charge in [0.2, 0.25) is 0 Å². The monoisotopic (exact) mass is 288 g/mol. The van der Waals surface area contributed by atoms with Crippen LogP contribution in [0.25, 0.3) is 0 Å². The van der Waals surface area contributed by atoms with Crippen LogP contribution in [0.15, 0.2) is 39.6 Å². The number of para-hydroxylation sites is 1. The van der Waals surface area contributed by atoms with Crippen LogP contribution in [0, 0.1) is 0 Å². The van der Waals surface area contributed by atoms with Gasteiger partial charge in [-0.1, -0.05) is 23.4 Å². The SMILES string of the molecule is CCOC(=O)C1=Nc2ccccc2C1N=NN(CC)CC. The average Bonchev–Trinajstić information content (AvgIpc) is 2.87. The van der Waals surface area contributed by atoms with E-state index >= 15 is 0 Å². The number of rotatable bonds is 6. The molecule has 0 aliphatic carbocycles. The van der Waals surface area contributed by atoms with Gasteiger partial charge in [-0.05, 0) is 26.8 Å². The molecule has 1 aliphatic heterocycles. The molecule has 0 aromatic heterocycles. The molecule has 0 saturated heterocycles. The summed E-state index contributed by atoms with van der Waals surface area (Å²) in [7, 11) is 0. The normalized spacial score (nSPS) is 16.7. The molecule has 2 rings (SSSR count). The van der Waals surface area contributed by atoms with Crippen molar-refractivity contribution in [3.63, 3.8) is 0 Å². The zero-order valence-electron chi connectivity index (χ0n) is 12.6. The summed E-state index contributed by atoms with van der Waals surface area (Å²) >= 11 is 0. The van der Waals surface area contributed by atoms with E-state index in [2.05, 4.69) is 15.3 Å². The second-order valence-corrected chi connectivity index (χ2v) is 4.52. The van der Waals surface area contributed by atoms with Crippen LogP contribution in [-0.4, -0.2) is 36.4 Å². The van der Waals surface area contributed by atoms with E-state index in [1.807, 2.05) is 43.1 Å². The topological polar surface area (TPSA) is 66.6 Å². The third kappa shape index (κ3) is 3.26. The number of hydrogen-bond donors (Lipinski definition) is 0. The molecule has 1 aliphatic rings. The lowest BCUT2D eigenvalue weighted by Gasteiger charge is -2.14. The number of nitrogens with zero attached hydrogens (tertiary/aromatic N) is 4. The van der Waals surface area contributed by atoms with Gasteiger partial charge in [0.05, 0.1) is 12.3 Å². The van der Waals surface area contributed by atoms with Crippen molar-refractivity contribution in [2.24, 2.45) is 15.3 Å². The van der Waals surface area contributed by atoms with E-state index in [9.17, 15) is 4.79 Å². The van der Waals surface area contributed by atoms with E-state index in [-0.39, 0.29) is 0 Å². The Balaban J connectivity index is 2.30. The van der Waals surface area contributed by atoms with Crippen molar-refractivity contribution in [3.05, 3.63) is 29.8 Å². The first-order chi connectivity index (χ1) is 10.2. The van der Waals surface area contributed by atoms with E-state index in [4.69, 9.17) is 4.74 Å². The summed E-state index contributed by atoms with van der Waals surface area (Å²) in [6.07, 6.45) is 0. The summed E-state index contributed by atoms with van der Waals surface area (Å²) < 4.78 is 5.06. The maximum Gasteiger partial charge on any atom is 0.355 e. The fourth-order valence-corrected chi connectivity index (χ4v) is 2.11. The van der Waals surface area contributed by atoms with Crippen LogP contribution in [0.2, 0.25) is 0 Å². The Morgan fingerprint density at radius 3 is 2.67 bits per heavy atom. The minimum absolute atomic E-state index is 0.300. The molecular formula is C15H20N4O2. The fourth-order valence-electron chi connectivity index (χ4n) is 2.11. The highest BCUT2D eigenvalue weighted by atomic mass is 16.5. The van der Waals surface area contributed by atoms with Crippen LogP contribution in [0.5, 0.6) is 0 Å². The van der Waals surface area contributed by atoms with Crippen molar-refractivity contribution in [3.8, 4) is 0 Å². The molecule has 0 N–H and O–H groups in total. The number of aliphatic imine (C=N–C) groups is 1. The number of benzene rings is 1. The van der Waals surface area contributed by atoms with Crippen LogP contribution in [0.1, 0.15) is 32.4 Å². The number of carbonyl (C=O) groups is 1. The van der Waals surface area contributed by atoms with Crippen LogP contribution < -0.4 is 0 Å². The Bertz CT molecular complexity index is 565. The average molecular weight is 288 g/mol. The van der Waals surface area contributed by atoms with Crippen LogP contribution in [0.3, 0.4) is 0 Å². The van der Waals surface area contributed by atoms with Crippen molar-refractivity contribution in [1.82, 2.24) is 5.01 Å². The lowest BCUT2D eigenvalue weighted by atomic mass is 10.1. The lowest BCUT2D eigenvalue weighted by Crippen LogP contribution is -2.22. The molecule has 112 valence electrons. The minimum Gasteiger partial charge on any atom is -0.461 e. The third-order valence-electron chi connectivity index (χ3n) is 3.24. The van der Waals surface area contributed by atoms with Crippen molar-refractivity contribution in [2.45, 2.75) is 26.8 Å². The predicted octanol–water partition coefficient (Wildman–Crippen LogP) is 3.09. The summed E-state index contributed by atoms with van der Waals surface area (Å²) in [6, 6.07) is 7.08. The molecule has 0 radical (unpaired) electrons. The van der Waals surface area contributed by atoms with Crippen molar-refractivity contribution < 1.29 is 9.53 Å². The number of fused-ring (bicyclic) bond motifs is 1. The van der Waals surface area contributed by atoms with Crippen LogP contribution in [-0.2, 0) is 9.53 Å². The molecule has 1 aromatic rings. The molecule has 1 unspecified atom stereocenters. The fraction of sp³-hybridized carbons (Fsp3) is 0.467. The first kappa shape index (κ1) is 15.2. The Kier molecular flexibility index (Phi) is 5.03. The molecule has 0 fully saturated rings. The first-order valence-corrected chi connectivity index (χ1v) is 7.21. The third-order valence-corrected chi connectivity index (χ3v) is 3.24. The number of carbonyl (C=O) groups excluding carboxylic acids is 1. The van der Waals surface area contributed by atoms with E-state index in [0.717, 1.165) is 24.3 Å². The smallest absolute Gasteiger partial charge is 0.355 e. The Labute approximate surface area is 124 Å². The highest BCUT2D eigenvalue weighted by Gasteiger charge is 2.33. The summed E-state index contributed by atoms with van der Waals surface area (Å²) in [5.74, 6) is -0.433. The number of hydrogen-bond acceptors (Lipinski definition) is 5. The van der Waals surface area contributed by atoms with Crippen LogP contribution >= 0.6 is 0 Å². The highest BCUT2D eigenvalue weighted by molar-refractivity contribution is 6.40. The van der Waals surface area contributed by atoms with Crippen LogP contribution in [0.4, 0.5) is 5.69 Å². The predicted molar refractivity (Wildman–Crippen MR) is 80.7 cm³/mol. The second kappa shape index (κ2) is 6.97. The number of ether oxygens (including phenoxy) is 1. The molecule has 1 atom stereocenters. The van der Waals surface area contributed by atoms with Gasteiger partial charge in [0, 0.05) is 18.7 Å². The molecule has 6 heteroatoms. The van der Waals surface area contributed by atoms with Gasteiger partial charge in [0.15, 0.2) is 5.71 Å². The summed E-state index contributed by atoms with van der Waals surface area (Å²) in [4.78, 5) is 16.4. The van der Waals surface area contributed by atoms with Gasteiger partial charge in [-0.3, -0.25) is 5.01 Å². The summed E-state index contributed by atoms with van der Waals surface area (Å²) in [5.41, 5.74) is 1.94. The molecule has 6 nitrogen and oxygen atoms in total. The minimum atomic E-state index is -0.485. The van der Waals surface area contributed by atoms with Gasteiger partial charge in [-0.15, -0.1) is 0 Å². The maximum absolute atomic E-state index is 12.0. The standard InChI is InChI=1S/C15H20N4O2/c1-4-19(5-2)18-17-13-11-9-7-8-10-12(11)16-14(13)15(20)21-6-3/h7-10,13H,4-6H2,1-3H3. The Morgan fingerprint density at radius 2 is 2.00 bits per heavy atom. The van der Waals surface area contributed by atoms with E-state index < -0.39 is 12.0 Å². The summed E-state index contributed by atoms with van der Waals surface area (Å²) in [6.45, 7) is 7.62. The van der Waals surface area contributed by atoms with E-state index in [0.29, 0.717) is 12.3 Å². The molecular weight excluding hydrogens is 268 g/mol. The zero-order chi connectivity index (χ0) is 15.2. The van der Waals surface area contributed by atoms with Gasteiger partial charge in [0.1, 0.15) is 6.04 Å². The molecule has 0 amide bonds.